The summed E-state index contributed by atoms with van der Waals surface area (Å²) < 4.78 is 0. The van der Waals surface area contributed by atoms with E-state index in [2.05, 4.69) is 27.2 Å². The van der Waals surface area contributed by atoms with Crippen molar-refractivity contribution in [1.82, 2.24) is 15.0 Å². The van der Waals surface area contributed by atoms with E-state index in [9.17, 15) is 0 Å². The molecule has 0 aliphatic heterocycles. The molecule has 1 aromatic rings. The summed E-state index contributed by atoms with van der Waals surface area (Å²) in [6.45, 7) is 2.15. The van der Waals surface area contributed by atoms with Crippen LogP contribution in [0.2, 0.25) is 10.6 Å². The second-order valence-electron chi connectivity index (χ2n) is 3.81. The van der Waals surface area contributed by atoms with Gasteiger partial charge in [-0.25, -0.2) is 0 Å². The van der Waals surface area contributed by atoms with Gasteiger partial charge in [0.05, 0.1) is 0 Å². The fourth-order valence-corrected chi connectivity index (χ4v) is 2.15. The van der Waals surface area contributed by atoms with Crippen LogP contribution < -0.4 is 5.32 Å². The van der Waals surface area contributed by atoms with Gasteiger partial charge in [0.15, 0.2) is 0 Å². The summed E-state index contributed by atoms with van der Waals surface area (Å²) in [5.74, 6) is 0.474. The maximum absolute atomic E-state index is 5.70. The van der Waals surface area contributed by atoms with Gasteiger partial charge in [0.1, 0.15) is 0 Å². The van der Waals surface area contributed by atoms with Crippen LogP contribution in [0.25, 0.3) is 0 Å². The lowest BCUT2D eigenvalue weighted by Gasteiger charge is -2.41. The van der Waals surface area contributed by atoms with Gasteiger partial charge in [-0.3, -0.25) is 0 Å². The summed E-state index contributed by atoms with van der Waals surface area (Å²) in [6.07, 6.45) is 4.58. The molecule has 0 bridgehead atoms. The first kappa shape index (κ1) is 10.9. The van der Waals surface area contributed by atoms with Gasteiger partial charge in [0.2, 0.25) is 16.5 Å². The zero-order chi connectivity index (χ0) is 10.9. The highest BCUT2D eigenvalue weighted by molar-refractivity contribution is 6.31. The van der Waals surface area contributed by atoms with Crippen molar-refractivity contribution in [3.8, 4) is 0 Å². The number of rotatable bonds is 3. The third kappa shape index (κ3) is 2.32. The minimum absolute atomic E-state index is 0.128. The molecule has 4 nitrogen and oxygen atoms in total. The molecular formula is C9H12Cl2N4. The van der Waals surface area contributed by atoms with Crippen LogP contribution in [-0.4, -0.2) is 20.5 Å². The largest absolute Gasteiger partial charge is 0.349 e. The third-order valence-electron chi connectivity index (χ3n) is 2.95. The fraction of sp³-hybridized carbons (Fsp3) is 0.667. The van der Waals surface area contributed by atoms with E-state index in [-0.39, 0.29) is 16.1 Å². The Balaban J connectivity index is 2.16. The number of nitrogens with zero attached hydrogens (tertiary/aromatic N) is 3. The summed E-state index contributed by atoms with van der Waals surface area (Å²) in [6, 6.07) is 0. The van der Waals surface area contributed by atoms with Crippen molar-refractivity contribution in [3.05, 3.63) is 10.6 Å². The van der Waals surface area contributed by atoms with E-state index in [1.165, 1.54) is 6.42 Å². The maximum atomic E-state index is 5.70. The van der Waals surface area contributed by atoms with Crippen LogP contribution in [0.1, 0.15) is 32.6 Å². The first-order valence-corrected chi connectivity index (χ1v) is 5.74. The van der Waals surface area contributed by atoms with Crippen molar-refractivity contribution in [2.24, 2.45) is 0 Å². The molecule has 82 valence electrons. The summed E-state index contributed by atoms with van der Waals surface area (Å²) in [5.41, 5.74) is 0.133. The van der Waals surface area contributed by atoms with E-state index < -0.39 is 0 Å². The molecule has 1 heterocycles. The SMILES string of the molecule is CCC1(Nc2nc(Cl)nc(Cl)n2)CCC1. The van der Waals surface area contributed by atoms with Crippen LogP contribution in [-0.2, 0) is 0 Å². The topological polar surface area (TPSA) is 50.7 Å². The van der Waals surface area contributed by atoms with E-state index in [1.54, 1.807) is 0 Å². The molecule has 0 amide bonds. The molecule has 1 aliphatic carbocycles. The molecule has 0 saturated heterocycles. The molecule has 1 aliphatic rings. The third-order valence-corrected chi connectivity index (χ3v) is 3.28. The quantitative estimate of drug-likeness (QED) is 0.892. The van der Waals surface area contributed by atoms with Crippen molar-refractivity contribution >= 4 is 29.2 Å². The van der Waals surface area contributed by atoms with E-state index in [0.29, 0.717) is 5.95 Å². The average molecular weight is 247 g/mol. The van der Waals surface area contributed by atoms with Gasteiger partial charge < -0.3 is 5.32 Å². The Labute approximate surface area is 98.4 Å². The highest BCUT2D eigenvalue weighted by Crippen LogP contribution is 2.37. The van der Waals surface area contributed by atoms with E-state index >= 15 is 0 Å². The van der Waals surface area contributed by atoms with Gasteiger partial charge in [0.25, 0.3) is 0 Å². The van der Waals surface area contributed by atoms with Crippen LogP contribution in [0.5, 0.6) is 0 Å². The van der Waals surface area contributed by atoms with Gasteiger partial charge >= 0.3 is 0 Å². The Kier molecular flexibility index (Phi) is 2.98. The second-order valence-corrected chi connectivity index (χ2v) is 4.49. The molecule has 2 rings (SSSR count). The van der Waals surface area contributed by atoms with Gasteiger partial charge in [-0.05, 0) is 48.9 Å². The molecule has 0 spiro atoms. The standard InChI is InChI=1S/C9H12Cl2N4/c1-2-9(4-3-5-9)15-8-13-6(10)12-7(11)14-8/h2-5H2,1H3,(H,12,13,14,15). The molecule has 1 N–H and O–H groups in total. The molecule has 1 aromatic heterocycles. The number of aromatic nitrogens is 3. The van der Waals surface area contributed by atoms with Crippen molar-refractivity contribution < 1.29 is 0 Å². The van der Waals surface area contributed by atoms with Crippen LogP contribution in [0, 0.1) is 0 Å². The Hall–Kier alpha value is -0.610. The Morgan fingerprint density at radius 1 is 1.20 bits per heavy atom. The molecule has 1 fully saturated rings. The minimum Gasteiger partial charge on any atom is -0.349 e. The first-order chi connectivity index (χ1) is 7.13. The monoisotopic (exact) mass is 246 g/mol. The lowest BCUT2D eigenvalue weighted by molar-refractivity contribution is 0.268. The van der Waals surface area contributed by atoms with Crippen molar-refractivity contribution in [2.45, 2.75) is 38.1 Å². The molecule has 6 heteroatoms. The first-order valence-electron chi connectivity index (χ1n) is 4.99. The number of halogens is 2. The molecule has 0 radical (unpaired) electrons. The molecule has 15 heavy (non-hydrogen) atoms. The van der Waals surface area contributed by atoms with E-state index in [0.717, 1.165) is 19.3 Å². The summed E-state index contributed by atoms with van der Waals surface area (Å²) in [4.78, 5) is 11.7. The van der Waals surface area contributed by atoms with Gasteiger partial charge in [-0.2, -0.15) is 15.0 Å². The van der Waals surface area contributed by atoms with E-state index in [1.807, 2.05) is 0 Å². The predicted molar refractivity (Wildman–Crippen MR) is 60.3 cm³/mol. The molecule has 1 saturated carbocycles. The zero-order valence-corrected chi connectivity index (χ0v) is 9.94. The summed E-state index contributed by atoms with van der Waals surface area (Å²) in [7, 11) is 0. The normalized spacial score (nSPS) is 18.3. The van der Waals surface area contributed by atoms with Crippen LogP contribution in [0.4, 0.5) is 5.95 Å². The average Bonchev–Trinajstić information content (AvgIpc) is 2.10. The zero-order valence-electron chi connectivity index (χ0n) is 8.43. The molecule has 0 unspecified atom stereocenters. The highest BCUT2D eigenvalue weighted by Gasteiger charge is 2.35. The molecule has 0 atom stereocenters. The predicted octanol–water partition coefficient (Wildman–Crippen LogP) is 2.92. The van der Waals surface area contributed by atoms with E-state index in [4.69, 9.17) is 23.2 Å². The second kappa shape index (κ2) is 4.10. The smallest absolute Gasteiger partial charge is 0.228 e. The fourth-order valence-electron chi connectivity index (χ4n) is 1.79. The lowest BCUT2D eigenvalue weighted by atomic mass is 9.75. The minimum atomic E-state index is 0.128. The van der Waals surface area contributed by atoms with Crippen LogP contribution in [0.3, 0.4) is 0 Å². The van der Waals surface area contributed by atoms with Gasteiger partial charge in [0, 0.05) is 5.54 Å². The van der Waals surface area contributed by atoms with Crippen LogP contribution >= 0.6 is 23.2 Å². The number of anilines is 1. The maximum Gasteiger partial charge on any atom is 0.228 e. The Morgan fingerprint density at radius 3 is 2.20 bits per heavy atom. The Bertz CT molecular complexity index is 339. The van der Waals surface area contributed by atoms with Gasteiger partial charge in [-0.1, -0.05) is 6.92 Å². The van der Waals surface area contributed by atoms with Crippen molar-refractivity contribution in [1.29, 1.82) is 0 Å². The van der Waals surface area contributed by atoms with Crippen molar-refractivity contribution in [3.63, 3.8) is 0 Å². The summed E-state index contributed by atoms with van der Waals surface area (Å²) >= 11 is 11.4. The van der Waals surface area contributed by atoms with Crippen LogP contribution in [0.15, 0.2) is 0 Å². The number of hydrogen-bond donors (Lipinski definition) is 1. The van der Waals surface area contributed by atoms with Gasteiger partial charge in [-0.15, -0.1) is 0 Å². The lowest BCUT2D eigenvalue weighted by Crippen LogP contribution is -2.44. The molecule has 0 aromatic carbocycles. The molecular weight excluding hydrogens is 235 g/mol. The van der Waals surface area contributed by atoms with Crippen molar-refractivity contribution in [2.75, 3.05) is 5.32 Å². The number of nitrogens with one attached hydrogen (secondary N) is 1. The highest BCUT2D eigenvalue weighted by atomic mass is 35.5. The number of hydrogen-bond acceptors (Lipinski definition) is 4. The Morgan fingerprint density at radius 2 is 1.80 bits per heavy atom. The summed E-state index contributed by atoms with van der Waals surface area (Å²) in [5, 5.41) is 3.55.